The van der Waals surface area contributed by atoms with Gasteiger partial charge in [-0.1, -0.05) is 37.5 Å². The maximum Gasteiger partial charge on any atom is 0.417 e. The van der Waals surface area contributed by atoms with Gasteiger partial charge in [0.25, 0.3) is 0 Å². The zero-order valence-corrected chi connectivity index (χ0v) is 26.7. The highest BCUT2D eigenvalue weighted by atomic mass is 19.4. The normalized spacial score (nSPS) is 22.5. The van der Waals surface area contributed by atoms with Gasteiger partial charge in [-0.05, 0) is 81.5 Å². The van der Waals surface area contributed by atoms with Gasteiger partial charge in [0.05, 0.1) is 23.7 Å². The van der Waals surface area contributed by atoms with E-state index in [1.807, 2.05) is 32.0 Å². The van der Waals surface area contributed by atoms with Crippen LogP contribution in [0.4, 0.5) is 26.3 Å². The van der Waals surface area contributed by atoms with Crippen LogP contribution in [0.15, 0.2) is 42.5 Å². The molecule has 0 bridgehead atoms. The van der Waals surface area contributed by atoms with Crippen LogP contribution in [0.25, 0.3) is 0 Å². The van der Waals surface area contributed by atoms with E-state index in [9.17, 15) is 31.1 Å². The van der Waals surface area contributed by atoms with Crippen molar-refractivity contribution in [1.82, 2.24) is 14.7 Å². The molecule has 2 aromatic carbocycles. The Morgan fingerprint density at radius 1 is 0.891 bits per heavy atom. The number of carbonyl (C=O) groups is 1. The fourth-order valence-corrected chi connectivity index (χ4v) is 7.48. The quantitative estimate of drug-likeness (QED) is 0.262. The highest BCUT2D eigenvalue weighted by Crippen LogP contribution is 2.45. The van der Waals surface area contributed by atoms with Crippen molar-refractivity contribution < 1.29 is 35.9 Å². The average Bonchev–Trinajstić information content (AvgIpc) is 3.45. The number of carbonyl (C=O) groups excluding carboxylic acids is 1. The molecule has 254 valence electrons. The van der Waals surface area contributed by atoms with E-state index in [0.29, 0.717) is 49.9 Å². The Bertz CT molecular complexity index is 1330. The lowest BCUT2D eigenvalue weighted by atomic mass is 9.75. The molecule has 46 heavy (non-hydrogen) atoms. The van der Waals surface area contributed by atoms with Crippen LogP contribution in [0.5, 0.6) is 5.75 Å². The number of piperazine rings is 1. The van der Waals surface area contributed by atoms with Crippen LogP contribution in [-0.2, 0) is 29.0 Å². The summed E-state index contributed by atoms with van der Waals surface area (Å²) in [5.74, 6) is 0.469. The van der Waals surface area contributed by atoms with Crippen molar-refractivity contribution in [2.24, 2.45) is 0 Å². The Morgan fingerprint density at radius 3 is 2.24 bits per heavy atom. The van der Waals surface area contributed by atoms with Gasteiger partial charge in [-0.15, -0.1) is 0 Å². The van der Waals surface area contributed by atoms with E-state index in [2.05, 4.69) is 9.80 Å². The standard InChI is InChI=1S/C35H45F6N3O2/c1-25(2)46-29-10-6-7-26(21-29)22-32(45)44-16-14-33(24-44,27-11-12-30(34(36,37)38)31(23-27)35(39,40)41)13-15-42-17-19-43(20-18-42)28-8-4-3-5-9-28/h6-7,10-12,21,23,25,28H,3-5,8-9,13-20,22,24H2,1-2H3. The minimum Gasteiger partial charge on any atom is -0.491 e. The van der Waals surface area contributed by atoms with Crippen molar-refractivity contribution in [2.45, 2.75) is 95.1 Å². The topological polar surface area (TPSA) is 36.0 Å². The first-order valence-corrected chi connectivity index (χ1v) is 16.5. The Balaban J connectivity index is 1.35. The van der Waals surface area contributed by atoms with Crippen molar-refractivity contribution in [1.29, 1.82) is 0 Å². The van der Waals surface area contributed by atoms with Crippen LogP contribution in [0, 0.1) is 0 Å². The molecule has 0 aromatic heterocycles. The van der Waals surface area contributed by atoms with E-state index >= 15 is 0 Å². The SMILES string of the molecule is CC(C)Oc1cccc(CC(=O)N2CCC(CCN3CCN(C4CCCCC4)CC3)(c3ccc(C(F)(F)F)c(C(F)(F)F)c3)C2)c1. The van der Waals surface area contributed by atoms with Crippen LogP contribution in [0.1, 0.15) is 81.0 Å². The van der Waals surface area contributed by atoms with Crippen molar-refractivity contribution in [3.63, 3.8) is 0 Å². The molecule has 2 aromatic rings. The molecule has 5 nitrogen and oxygen atoms in total. The zero-order valence-electron chi connectivity index (χ0n) is 26.7. The van der Waals surface area contributed by atoms with Crippen molar-refractivity contribution in [3.05, 3.63) is 64.7 Å². The lowest BCUT2D eigenvalue weighted by Gasteiger charge is -2.42. The summed E-state index contributed by atoms with van der Waals surface area (Å²) < 4.78 is 88.7. The molecule has 0 N–H and O–H groups in total. The second kappa shape index (κ2) is 14.1. The average molecular weight is 654 g/mol. The summed E-state index contributed by atoms with van der Waals surface area (Å²) in [6.45, 7) is 8.42. The summed E-state index contributed by atoms with van der Waals surface area (Å²) in [7, 11) is 0. The van der Waals surface area contributed by atoms with Crippen molar-refractivity contribution in [3.8, 4) is 5.75 Å². The fraction of sp³-hybridized carbons (Fsp3) is 0.629. The predicted octanol–water partition coefficient (Wildman–Crippen LogP) is 7.56. The van der Waals surface area contributed by atoms with Crippen LogP contribution < -0.4 is 4.74 Å². The maximum absolute atomic E-state index is 14.0. The van der Waals surface area contributed by atoms with Crippen molar-refractivity contribution >= 4 is 5.91 Å². The van der Waals surface area contributed by atoms with Crippen LogP contribution in [-0.4, -0.2) is 78.6 Å². The summed E-state index contributed by atoms with van der Waals surface area (Å²) in [4.78, 5) is 20.0. The van der Waals surface area contributed by atoms with E-state index in [1.165, 1.54) is 38.2 Å². The number of benzene rings is 2. The van der Waals surface area contributed by atoms with Crippen LogP contribution in [0.3, 0.4) is 0 Å². The smallest absolute Gasteiger partial charge is 0.417 e. The number of nitrogens with zero attached hydrogens (tertiary/aromatic N) is 3. The van der Waals surface area contributed by atoms with E-state index in [1.54, 1.807) is 11.0 Å². The molecule has 1 unspecified atom stereocenters. The molecule has 3 fully saturated rings. The molecule has 1 aliphatic carbocycles. The minimum atomic E-state index is -5.17. The third kappa shape index (κ3) is 8.37. The van der Waals surface area contributed by atoms with Crippen LogP contribution >= 0.6 is 0 Å². The number of hydrogen-bond donors (Lipinski definition) is 0. The molecule has 1 atom stereocenters. The highest BCUT2D eigenvalue weighted by molar-refractivity contribution is 5.79. The molecule has 3 aliphatic rings. The first-order valence-electron chi connectivity index (χ1n) is 16.5. The summed E-state index contributed by atoms with van der Waals surface area (Å²) in [5.41, 5.74) is -3.30. The second-order valence-electron chi connectivity index (χ2n) is 13.5. The first kappa shape index (κ1) is 34.5. The van der Waals surface area contributed by atoms with Gasteiger partial charge in [-0.25, -0.2) is 0 Å². The van der Waals surface area contributed by atoms with Gasteiger partial charge in [0.2, 0.25) is 5.91 Å². The molecule has 1 saturated carbocycles. The van der Waals surface area contributed by atoms with Gasteiger partial charge in [0.1, 0.15) is 5.75 Å². The lowest BCUT2D eigenvalue weighted by molar-refractivity contribution is -0.162. The maximum atomic E-state index is 14.0. The lowest BCUT2D eigenvalue weighted by Crippen LogP contribution is -2.51. The number of rotatable bonds is 9. The Morgan fingerprint density at radius 2 is 1.59 bits per heavy atom. The number of amides is 1. The van der Waals surface area contributed by atoms with Gasteiger partial charge in [-0.2, -0.15) is 26.3 Å². The van der Waals surface area contributed by atoms with Gasteiger partial charge < -0.3 is 14.5 Å². The Labute approximate surface area is 267 Å². The molecule has 1 amide bonds. The predicted molar refractivity (Wildman–Crippen MR) is 165 cm³/mol. The number of likely N-dealkylation sites (tertiary alicyclic amines) is 1. The summed E-state index contributed by atoms with van der Waals surface area (Å²) in [5, 5.41) is 0. The van der Waals surface area contributed by atoms with Crippen molar-refractivity contribution in [2.75, 3.05) is 45.8 Å². The van der Waals surface area contributed by atoms with E-state index < -0.39 is 28.9 Å². The number of alkyl halides is 6. The number of hydrogen-bond acceptors (Lipinski definition) is 4. The fourth-order valence-electron chi connectivity index (χ4n) is 7.48. The molecule has 0 radical (unpaired) electrons. The van der Waals surface area contributed by atoms with E-state index in [0.717, 1.165) is 31.7 Å². The monoisotopic (exact) mass is 653 g/mol. The van der Waals surface area contributed by atoms with E-state index in [-0.39, 0.29) is 30.5 Å². The molecule has 0 spiro atoms. The first-order chi connectivity index (χ1) is 21.7. The van der Waals surface area contributed by atoms with Gasteiger partial charge >= 0.3 is 12.4 Å². The molecule has 11 heteroatoms. The number of ether oxygens (including phenoxy) is 1. The highest BCUT2D eigenvalue weighted by Gasteiger charge is 2.47. The molecule has 2 heterocycles. The van der Waals surface area contributed by atoms with Gasteiger partial charge in [-0.3, -0.25) is 9.69 Å². The third-order valence-corrected chi connectivity index (χ3v) is 9.98. The molecule has 2 aliphatic heterocycles. The number of halogens is 6. The summed E-state index contributed by atoms with van der Waals surface area (Å²) in [6, 6.07) is 10.3. The van der Waals surface area contributed by atoms with Gasteiger partial charge in [0.15, 0.2) is 0 Å². The summed E-state index contributed by atoms with van der Waals surface area (Å²) >= 11 is 0. The second-order valence-corrected chi connectivity index (χ2v) is 13.5. The molecule has 2 saturated heterocycles. The minimum absolute atomic E-state index is 0.0364. The molecular weight excluding hydrogens is 608 g/mol. The summed E-state index contributed by atoms with van der Waals surface area (Å²) in [6.07, 6.45) is -3.19. The third-order valence-electron chi connectivity index (χ3n) is 9.98. The van der Waals surface area contributed by atoms with Gasteiger partial charge in [0, 0.05) is 50.7 Å². The zero-order chi connectivity index (χ0) is 33.1. The Kier molecular flexibility index (Phi) is 10.6. The van der Waals surface area contributed by atoms with Crippen LogP contribution in [0.2, 0.25) is 0 Å². The van der Waals surface area contributed by atoms with E-state index in [4.69, 9.17) is 4.74 Å². The molecular formula is C35H45F6N3O2. The largest absolute Gasteiger partial charge is 0.491 e. The Hall–Kier alpha value is -2.79. The molecule has 5 rings (SSSR count).